The molecule has 2 aromatic heterocycles. The second-order valence-corrected chi connectivity index (χ2v) is 8.23. The van der Waals surface area contributed by atoms with Gasteiger partial charge >= 0.3 is 0 Å². The molecule has 1 N–H and O–H groups in total. The fourth-order valence-electron chi connectivity index (χ4n) is 4.06. The van der Waals surface area contributed by atoms with Gasteiger partial charge in [0.25, 0.3) is 0 Å². The highest BCUT2D eigenvalue weighted by Crippen LogP contribution is 2.23. The van der Waals surface area contributed by atoms with E-state index < -0.39 is 0 Å². The van der Waals surface area contributed by atoms with E-state index in [9.17, 15) is 9.59 Å². The van der Waals surface area contributed by atoms with E-state index in [0.717, 1.165) is 16.8 Å². The van der Waals surface area contributed by atoms with Gasteiger partial charge in [0, 0.05) is 49.6 Å². The highest BCUT2D eigenvalue weighted by atomic mass is 16.2. The van der Waals surface area contributed by atoms with Gasteiger partial charge in [0.05, 0.1) is 18.6 Å². The molecule has 0 unspecified atom stereocenters. The number of carbonyl (C=O) groups is 2. The summed E-state index contributed by atoms with van der Waals surface area (Å²) in [6, 6.07) is 10.3. The van der Waals surface area contributed by atoms with Crippen molar-refractivity contribution in [2.45, 2.75) is 20.0 Å². The number of fused-ring (bicyclic) bond motifs is 2. The van der Waals surface area contributed by atoms with Gasteiger partial charge in [0.2, 0.25) is 11.8 Å². The Balaban J connectivity index is 1.48. The number of benzene rings is 1. The molecule has 0 aliphatic carbocycles. The number of pyridine rings is 1. The summed E-state index contributed by atoms with van der Waals surface area (Å²) < 4.78 is 2.15. The van der Waals surface area contributed by atoms with Gasteiger partial charge in [-0.3, -0.25) is 14.5 Å². The molecule has 160 valence electrons. The van der Waals surface area contributed by atoms with E-state index in [1.165, 1.54) is 16.5 Å². The van der Waals surface area contributed by atoms with Gasteiger partial charge in [-0.15, -0.1) is 0 Å². The molecule has 7 nitrogen and oxygen atoms in total. The monoisotopic (exact) mass is 417 g/mol. The molecule has 3 aromatic rings. The van der Waals surface area contributed by atoms with Crippen molar-refractivity contribution in [3.8, 4) is 0 Å². The molecule has 0 atom stereocenters. The molecular weight excluding hydrogens is 390 g/mol. The number of carbonyl (C=O) groups excluding carboxylic acids is 2. The van der Waals surface area contributed by atoms with Crippen molar-refractivity contribution in [1.29, 1.82) is 0 Å². The standard InChI is InChI=1S/C24H27N5O2/c1-16-6-5-7-18-11-20(29(4)23(16)18)14-28(3)22(31)9-8-17-10-19-13-27(2)15-21(30)26-24(19)25-12-17/h5-12H,13-15H2,1-4H3,(H,25,26,30). The number of hydrogen-bond acceptors (Lipinski definition) is 4. The van der Waals surface area contributed by atoms with Crippen molar-refractivity contribution < 1.29 is 9.59 Å². The molecule has 3 heterocycles. The van der Waals surface area contributed by atoms with Crippen LogP contribution in [0.5, 0.6) is 0 Å². The predicted molar refractivity (Wildman–Crippen MR) is 122 cm³/mol. The summed E-state index contributed by atoms with van der Waals surface area (Å²) >= 11 is 0. The number of aryl methyl sites for hydroxylation is 2. The Kier molecular flexibility index (Phi) is 5.61. The average molecular weight is 418 g/mol. The van der Waals surface area contributed by atoms with Crippen LogP contribution in [0.25, 0.3) is 17.0 Å². The third kappa shape index (κ3) is 4.36. The van der Waals surface area contributed by atoms with Gasteiger partial charge in [0.15, 0.2) is 0 Å². The molecular formula is C24H27N5O2. The number of para-hydroxylation sites is 1. The Labute approximate surface area is 182 Å². The quantitative estimate of drug-likeness (QED) is 0.663. The molecule has 7 heteroatoms. The van der Waals surface area contributed by atoms with E-state index in [1.54, 1.807) is 30.3 Å². The molecule has 1 aliphatic rings. The Morgan fingerprint density at radius 3 is 2.84 bits per heavy atom. The lowest BCUT2D eigenvalue weighted by Crippen LogP contribution is -2.26. The first-order valence-electron chi connectivity index (χ1n) is 10.3. The van der Waals surface area contributed by atoms with Crippen LogP contribution in [-0.4, -0.2) is 51.8 Å². The molecule has 4 rings (SSSR count). The summed E-state index contributed by atoms with van der Waals surface area (Å²) in [4.78, 5) is 32.5. The Bertz CT molecular complexity index is 1190. The van der Waals surface area contributed by atoms with Crippen LogP contribution in [-0.2, 0) is 29.7 Å². The third-order valence-corrected chi connectivity index (χ3v) is 5.65. The lowest BCUT2D eigenvalue weighted by Gasteiger charge is -2.16. The summed E-state index contributed by atoms with van der Waals surface area (Å²) in [7, 11) is 5.73. The fourth-order valence-corrected chi connectivity index (χ4v) is 4.06. The fraction of sp³-hybridized carbons (Fsp3) is 0.292. The SMILES string of the molecule is Cc1cccc2cc(CN(C)C(=O)C=Cc3cnc4c(c3)CN(C)CC(=O)N4)n(C)c12. The Morgan fingerprint density at radius 2 is 2.06 bits per heavy atom. The molecule has 0 fully saturated rings. The van der Waals surface area contributed by atoms with Crippen molar-refractivity contribution in [2.24, 2.45) is 7.05 Å². The molecule has 0 spiro atoms. The highest BCUT2D eigenvalue weighted by Gasteiger charge is 2.17. The van der Waals surface area contributed by atoms with Crippen molar-refractivity contribution in [3.05, 3.63) is 65.0 Å². The van der Waals surface area contributed by atoms with Crippen molar-refractivity contribution in [2.75, 3.05) is 26.0 Å². The minimum Gasteiger partial charge on any atom is -0.346 e. The molecule has 1 aliphatic heterocycles. The van der Waals surface area contributed by atoms with Crippen molar-refractivity contribution in [1.82, 2.24) is 19.4 Å². The van der Waals surface area contributed by atoms with E-state index >= 15 is 0 Å². The van der Waals surface area contributed by atoms with Crippen molar-refractivity contribution in [3.63, 3.8) is 0 Å². The Hall–Kier alpha value is -3.45. The molecule has 0 saturated heterocycles. The third-order valence-electron chi connectivity index (χ3n) is 5.65. The number of aromatic nitrogens is 2. The topological polar surface area (TPSA) is 70.5 Å². The maximum absolute atomic E-state index is 12.7. The summed E-state index contributed by atoms with van der Waals surface area (Å²) in [5.41, 5.74) is 5.26. The van der Waals surface area contributed by atoms with Crippen LogP contribution in [0, 0.1) is 6.92 Å². The Morgan fingerprint density at radius 1 is 1.26 bits per heavy atom. The zero-order valence-electron chi connectivity index (χ0n) is 18.3. The van der Waals surface area contributed by atoms with Crippen LogP contribution in [0.15, 0.2) is 42.6 Å². The minimum absolute atomic E-state index is 0.0719. The minimum atomic E-state index is -0.0812. The first-order valence-corrected chi connectivity index (χ1v) is 10.3. The number of anilines is 1. The summed E-state index contributed by atoms with van der Waals surface area (Å²) in [6.45, 7) is 3.57. The van der Waals surface area contributed by atoms with Crippen LogP contribution in [0.1, 0.15) is 22.4 Å². The number of hydrogen-bond donors (Lipinski definition) is 1. The lowest BCUT2D eigenvalue weighted by molar-refractivity contribution is -0.125. The van der Waals surface area contributed by atoms with E-state index in [2.05, 4.69) is 46.1 Å². The smallest absolute Gasteiger partial charge is 0.246 e. The van der Waals surface area contributed by atoms with E-state index in [4.69, 9.17) is 0 Å². The molecule has 0 radical (unpaired) electrons. The van der Waals surface area contributed by atoms with Gasteiger partial charge in [0.1, 0.15) is 5.82 Å². The first kappa shape index (κ1) is 20.8. The maximum atomic E-state index is 12.7. The van der Waals surface area contributed by atoms with Crippen LogP contribution in [0.4, 0.5) is 5.82 Å². The number of amides is 2. The van der Waals surface area contributed by atoms with E-state index in [-0.39, 0.29) is 11.8 Å². The molecule has 31 heavy (non-hydrogen) atoms. The summed E-state index contributed by atoms with van der Waals surface area (Å²) in [6.07, 6.45) is 5.00. The zero-order chi connectivity index (χ0) is 22.1. The lowest BCUT2D eigenvalue weighted by atomic mass is 10.1. The highest BCUT2D eigenvalue weighted by molar-refractivity contribution is 5.93. The zero-order valence-corrected chi connectivity index (χ0v) is 18.3. The largest absolute Gasteiger partial charge is 0.346 e. The van der Waals surface area contributed by atoms with Crippen LogP contribution in [0.2, 0.25) is 0 Å². The van der Waals surface area contributed by atoms with Gasteiger partial charge < -0.3 is 14.8 Å². The van der Waals surface area contributed by atoms with Gasteiger partial charge in [-0.1, -0.05) is 18.2 Å². The van der Waals surface area contributed by atoms with Gasteiger partial charge in [-0.25, -0.2) is 4.98 Å². The normalized spacial score (nSPS) is 14.5. The second-order valence-electron chi connectivity index (χ2n) is 8.23. The molecule has 1 aromatic carbocycles. The van der Waals surface area contributed by atoms with Crippen LogP contribution >= 0.6 is 0 Å². The molecule has 2 amide bonds. The molecule has 0 bridgehead atoms. The van der Waals surface area contributed by atoms with Crippen LogP contribution in [0.3, 0.4) is 0 Å². The number of nitrogens with zero attached hydrogens (tertiary/aromatic N) is 4. The first-order chi connectivity index (χ1) is 14.8. The average Bonchev–Trinajstić information content (AvgIpc) is 2.95. The predicted octanol–water partition coefficient (Wildman–Crippen LogP) is 2.94. The number of nitrogens with one attached hydrogen (secondary N) is 1. The second kappa shape index (κ2) is 8.35. The van der Waals surface area contributed by atoms with Gasteiger partial charge in [-0.2, -0.15) is 0 Å². The summed E-state index contributed by atoms with van der Waals surface area (Å²) in [5, 5.41) is 4.00. The number of rotatable bonds is 4. The maximum Gasteiger partial charge on any atom is 0.246 e. The summed E-state index contributed by atoms with van der Waals surface area (Å²) in [5.74, 6) is 0.431. The van der Waals surface area contributed by atoms with Crippen molar-refractivity contribution >= 4 is 34.6 Å². The molecule has 0 saturated carbocycles. The van der Waals surface area contributed by atoms with Gasteiger partial charge in [-0.05, 0) is 43.3 Å². The van der Waals surface area contributed by atoms with E-state index in [1.807, 2.05) is 25.1 Å². The van der Waals surface area contributed by atoms with E-state index in [0.29, 0.717) is 25.5 Å². The van der Waals surface area contributed by atoms with Crippen LogP contribution < -0.4 is 5.32 Å². The number of likely N-dealkylation sites (N-methyl/N-ethyl adjacent to an activating group) is 2.